The van der Waals surface area contributed by atoms with Gasteiger partial charge < -0.3 is 93.1 Å². The smallest absolute Gasteiger partial charge is 0.229 e. The number of hydrogen-bond donors (Lipinski definition) is 6. The highest BCUT2D eigenvalue weighted by Gasteiger charge is 2.28. The van der Waals surface area contributed by atoms with Crippen molar-refractivity contribution in [1.82, 2.24) is 78.8 Å². The summed E-state index contributed by atoms with van der Waals surface area (Å²) in [6.07, 6.45) is 19.6. The van der Waals surface area contributed by atoms with Gasteiger partial charge in [-0.2, -0.15) is 24.9 Å². The van der Waals surface area contributed by atoms with E-state index < -0.39 is 0 Å². The summed E-state index contributed by atoms with van der Waals surface area (Å²) in [5, 5.41) is 30.7. The van der Waals surface area contributed by atoms with Gasteiger partial charge >= 0.3 is 0 Å². The summed E-state index contributed by atoms with van der Waals surface area (Å²) in [6.45, 7) is 2.25. The van der Waals surface area contributed by atoms with Gasteiger partial charge in [0.05, 0.1) is 135 Å². The van der Waals surface area contributed by atoms with E-state index in [-0.39, 0.29) is 38.1 Å². The number of benzene rings is 3. The lowest BCUT2D eigenvalue weighted by Crippen LogP contribution is -2.33. The van der Waals surface area contributed by atoms with Crippen LogP contribution in [-0.2, 0) is 0 Å². The van der Waals surface area contributed by atoms with Crippen molar-refractivity contribution < 1.29 is 52.8 Å². The van der Waals surface area contributed by atoms with Crippen LogP contribution in [0.3, 0.4) is 0 Å². The Hall–Kier alpha value is -11.1. The lowest BCUT2D eigenvalue weighted by Gasteiger charge is -2.23. The molecule has 0 saturated carbocycles. The van der Waals surface area contributed by atoms with Crippen molar-refractivity contribution in [2.45, 2.75) is 52.6 Å². The third-order valence-electron chi connectivity index (χ3n) is 15.6. The molecular formula is C69H81Cl3N20O11. The summed E-state index contributed by atoms with van der Waals surface area (Å²) >= 11 is 17.4. The van der Waals surface area contributed by atoms with Gasteiger partial charge in [0.25, 0.3) is 0 Å². The van der Waals surface area contributed by atoms with Crippen molar-refractivity contribution in [2.75, 3.05) is 112 Å². The number of halogens is 3. The largest absolute Gasteiger partial charge is 0.493 e. The van der Waals surface area contributed by atoms with E-state index in [1.807, 2.05) is 74.8 Å². The number of aromatic nitrogens is 15. The minimum Gasteiger partial charge on any atom is -0.493 e. The summed E-state index contributed by atoms with van der Waals surface area (Å²) in [7, 11) is 14.1. The maximum atomic E-state index is 9.77. The van der Waals surface area contributed by atoms with Gasteiger partial charge in [0.1, 0.15) is 53.2 Å². The number of hydrogen-bond acceptors (Lipinski definition) is 28. The van der Waals surface area contributed by atoms with Crippen molar-refractivity contribution in [2.24, 2.45) is 0 Å². The van der Waals surface area contributed by atoms with E-state index in [2.05, 4.69) is 70.8 Å². The number of methoxy groups -OCH3 is 9. The van der Waals surface area contributed by atoms with Gasteiger partial charge in [-0.15, -0.1) is 0 Å². The van der Waals surface area contributed by atoms with E-state index in [1.165, 1.54) is 6.42 Å². The van der Waals surface area contributed by atoms with Crippen LogP contribution >= 0.6 is 34.8 Å². The van der Waals surface area contributed by atoms with Crippen LogP contribution in [0.25, 0.3) is 50.2 Å². The second-order valence-corrected chi connectivity index (χ2v) is 22.7. The van der Waals surface area contributed by atoms with Crippen LogP contribution in [-0.4, -0.2) is 186 Å². The van der Waals surface area contributed by atoms with Crippen molar-refractivity contribution in [1.29, 1.82) is 0 Å². The molecule has 31 nitrogen and oxygen atoms in total. The molecule has 3 aromatic carbocycles. The molecule has 0 radical (unpaired) electrons. The quantitative estimate of drug-likeness (QED) is 0.0323. The highest BCUT2D eigenvalue weighted by molar-refractivity contribution is 6.35. The molecule has 103 heavy (non-hydrogen) atoms. The number of nitrogens with two attached hydrogens (primary N) is 1. The molecule has 7 N–H and O–H groups in total. The number of aliphatic hydroxyl groups is 2. The Balaban J connectivity index is 0.000000177. The van der Waals surface area contributed by atoms with E-state index in [9.17, 15) is 5.11 Å². The molecule has 544 valence electrons. The molecule has 2 atom stereocenters. The zero-order valence-electron chi connectivity index (χ0n) is 56.4. The van der Waals surface area contributed by atoms with Crippen molar-refractivity contribution in [3.05, 3.63) is 145 Å². The fourth-order valence-corrected chi connectivity index (χ4v) is 11.3. The predicted molar refractivity (Wildman–Crippen MR) is 397 cm³/mol. The fraction of sp³-hybridized carbons (Fsp3) is 0.304. The average Bonchev–Trinajstić information content (AvgIpc) is 1.75. The van der Waals surface area contributed by atoms with Gasteiger partial charge in [0, 0.05) is 67.6 Å². The van der Waals surface area contributed by atoms with Gasteiger partial charge in [-0.05, 0) is 91.8 Å². The summed E-state index contributed by atoms with van der Waals surface area (Å²) in [5.74, 6) is 8.21. The molecule has 2 aliphatic rings. The van der Waals surface area contributed by atoms with Crippen molar-refractivity contribution in [3.8, 4) is 68.8 Å². The maximum absolute atomic E-state index is 9.77. The number of rotatable bonds is 19. The topological polar surface area (TPSA) is 358 Å². The van der Waals surface area contributed by atoms with Crippen LogP contribution in [0, 0.1) is 0 Å². The number of pyridine rings is 3. The van der Waals surface area contributed by atoms with E-state index in [1.54, 1.807) is 137 Å². The van der Waals surface area contributed by atoms with E-state index >= 15 is 0 Å². The standard InChI is InChI=1S/C24H27N7O4.C19H17ClN6O3.C12H15N3O3.C7H3Cl2N3.C5H11NO.2CH4/c1-33-18-10-16(11-19(34-2)21(18)35-3)30-12-20(26-14-30)27-23-17-7-4-8-25-22(17)28-24(29-23)31-9-5-6-15(31)13-32;1-27-13-7-11(8-14(28-2)16(13)29-3)26-9-15(22-10-26)23-18-12-5-4-6-21-17(12)24-19(20)25-18;1-16-9-4-8(15-6-11(13)14-7-15)5-10(17-2)12(9)18-3;8-5-4-2-1-3-10-6(4)12-7(9)11-5;7-4-5-2-1-3-6-5;;/h4,7-8,10-12,14-15,32H,5-6,9,13H2,1-3H3,(H,25,27,28,29);4-10H,1-3H3,(H,21,23,24,25);4-7H,13H2,1-3H3;1-3H;5-7H,1-4H2;2*1H4/t15-;;;;5-;;/m0...0../s1. The molecule has 0 bridgehead atoms. The van der Waals surface area contributed by atoms with Crippen LogP contribution in [0.1, 0.15) is 40.5 Å². The number of ether oxygens (including phenoxy) is 9. The summed E-state index contributed by atoms with van der Waals surface area (Å²) in [4.78, 5) is 53.0. The second kappa shape index (κ2) is 37.0. The first kappa shape index (κ1) is 77.6. The lowest BCUT2D eigenvalue weighted by atomic mass is 10.2. The van der Waals surface area contributed by atoms with E-state index in [0.717, 1.165) is 60.2 Å². The summed E-state index contributed by atoms with van der Waals surface area (Å²) in [5.41, 5.74) is 9.59. The monoisotopic (exact) mass is 1470 g/mol. The minimum atomic E-state index is 0. The lowest BCUT2D eigenvalue weighted by molar-refractivity contribution is 0.255. The summed E-state index contributed by atoms with van der Waals surface area (Å²) in [6, 6.07) is 22.4. The first-order chi connectivity index (χ1) is 49.2. The zero-order chi connectivity index (χ0) is 71.5. The molecule has 0 aliphatic carbocycles. The van der Waals surface area contributed by atoms with E-state index in [0.29, 0.717) is 127 Å². The molecule has 2 aliphatic heterocycles. The molecule has 0 unspecified atom stereocenters. The molecule has 9 aromatic heterocycles. The SMILES string of the molecule is C.C.COc1cc(-n2cnc(N)c2)cc(OC)c1OC.COc1cc(-n2cnc(Nc3nc(Cl)nc4ncccc34)c2)cc(OC)c1OC.COc1cc(-n2cnc(Nc3nc(N4CCC[C@H]4CO)nc4ncccc34)c2)cc(OC)c1OC.Clc1nc(Cl)c2cccnc2n1.OC[C@@H]1CCCN1. The van der Waals surface area contributed by atoms with Gasteiger partial charge in [0.15, 0.2) is 51.4 Å². The Morgan fingerprint density at radius 2 is 0.903 bits per heavy atom. The Morgan fingerprint density at radius 3 is 1.30 bits per heavy atom. The first-order valence-electron chi connectivity index (χ1n) is 31.1. The molecule has 2 fully saturated rings. The maximum Gasteiger partial charge on any atom is 0.229 e. The number of fused-ring (bicyclic) bond motifs is 3. The molecule has 12 aromatic rings. The number of anilines is 6. The Labute approximate surface area is 609 Å². The average molecular weight is 1470 g/mol. The van der Waals surface area contributed by atoms with Crippen molar-refractivity contribution >= 4 is 103 Å². The second-order valence-electron chi connectivity index (χ2n) is 21.7. The first-order valence-corrected chi connectivity index (χ1v) is 32.2. The van der Waals surface area contributed by atoms with Crippen LogP contribution in [0.2, 0.25) is 15.7 Å². The van der Waals surface area contributed by atoms with Gasteiger partial charge in [-0.1, -0.05) is 26.5 Å². The Kier molecular flexibility index (Phi) is 27.9. The van der Waals surface area contributed by atoms with Crippen LogP contribution in [0.4, 0.5) is 35.0 Å². The fourth-order valence-electron chi connectivity index (χ4n) is 10.7. The number of aliphatic hydroxyl groups excluding tert-OH is 2. The number of nitrogen functional groups attached to an aromatic ring is 1. The van der Waals surface area contributed by atoms with Crippen LogP contribution in [0.15, 0.2) is 129 Å². The molecule has 0 spiro atoms. The third-order valence-corrected chi connectivity index (χ3v) is 16.3. The van der Waals surface area contributed by atoms with Crippen LogP contribution in [0.5, 0.6) is 51.7 Å². The predicted octanol–water partition coefficient (Wildman–Crippen LogP) is 11.4. The summed E-state index contributed by atoms with van der Waals surface area (Å²) < 4.78 is 53.8. The molecule has 2 saturated heterocycles. The van der Waals surface area contributed by atoms with Gasteiger partial charge in [-0.3, -0.25) is 0 Å². The van der Waals surface area contributed by atoms with Crippen LogP contribution < -0.4 is 69.2 Å². The molecule has 11 heterocycles. The number of nitrogens with one attached hydrogen (secondary N) is 3. The normalized spacial score (nSPS) is 13.4. The Morgan fingerprint density at radius 1 is 0.485 bits per heavy atom. The number of nitrogens with zero attached hydrogens (tertiary/aromatic N) is 16. The third kappa shape index (κ3) is 18.7. The number of imidazole rings is 3. The van der Waals surface area contributed by atoms with Gasteiger partial charge in [-0.25, -0.2) is 34.9 Å². The minimum absolute atomic E-state index is 0. The molecular weight excluding hydrogens is 1390 g/mol. The van der Waals surface area contributed by atoms with Gasteiger partial charge in [0.2, 0.25) is 33.8 Å². The van der Waals surface area contributed by atoms with E-state index in [4.69, 9.17) is 93.3 Å². The molecule has 0 amide bonds. The van der Waals surface area contributed by atoms with Crippen molar-refractivity contribution in [3.63, 3.8) is 0 Å². The highest BCUT2D eigenvalue weighted by atomic mass is 35.5. The Bertz CT molecular complexity index is 4680. The zero-order valence-corrected chi connectivity index (χ0v) is 58.6. The molecule has 14 rings (SSSR count). The highest BCUT2D eigenvalue weighted by Crippen LogP contribution is 2.42. The molecule has 34 heteroatoms.